The molecule has 0 aliphatic heterocycles. The van der Waals surface area contributed by atoms with Crippen LogP contribution in [0.5, 0.6) is 0 Å². The van der Waals surface area contributed by atoms with Crippen LogP contribution in [0.4, 0.5) is 0 Å². The fourth-order valence-corrected chi connectivity index (χ4v) is 7.56. The number of fused-ring (bicyclic) bond motifs is 4. The summed E-state index contributed by atoms with van der Waals surface area (Å²) < 4.78 is 0. The summed E-state index contributed by atoms with van der Waals surface area (Å²) in [4.78, 5) is 10.5. The molecule has 2 heteroatoms. The van der Waals surface area contributed by atoms with Crippen LogP contribution in [0, 0.1) is 0 Å². The number of benzene rings is 7. The maximum atomic E-state index is 5.30. The fraction of sp³-hybridized carbons (Fsp3) is 0.0638. The van der Waals surface area contributed by atoms with Gasteiger partial charge >= 0.3 is 0 Å². The number of nitrogens with zero attached hydrogens (tertiary/aromatic N) is 2. The highest BCUT2D eigenvalue weighted by Crippen LogP contribution is 2.53. The van der Waals surface area contributed by atoms with Gasteiger partial charge in [0.05, 0.1) is 11.4 Å². The summed E-state index contributed by atoms with van der Waals surface area (Å²) in [7, 11) is 0. The predicted octanol–water partition coefficient (Wildman–Crippen LogP) is 12.3. The zero-order valence-corrected chi connectivity index (χ0v) is 27.6. The molecule has 1 heterocycles. The first kappa shape index (κ1) is 29.1. The van der Waals surface area contributed by atoms with Crippen molar-refractivity contribution in [1.29, 1.82) is 0 Å². The molecule has 232 valence electrons. The molecule has 1 aromatic heterocycles. The van der Waals surface area contributed by atoms with Gasteiger partial charge in [0, 0.05) is 22.1 Å². The van der Waals surface area contributed by atoms with Crippen LogP contribution in [-0.2, 0) is 5.41 Å². The maximum Gasteiger partial charge on any atom is 0.160 e. The van der Waals surface area contributed by atoms with Crippen molar-refractivity contribution < 1.29 is 0 Å². The van der Waals surface area contributed by atoms with Crippen LogP contribution in [0.25, 0.3) is 78.1 Å². The Hall–Kier alpha value is -6.12. The van der Waals surface area contributed by atoms with Crippen LogP contribution in [0.15, 0.2) is 170 Å². The molecule has 0 saturated carbocycles. The zero-order chi connectivity index (χ0) is 33.0. The Morgan fingerprint density at radius 3 is 1.61 bits per heavy atom. The van der Waals surface area contributed by atoms with E-state index in [0.717, 1.165) is 45.0 Å². The van der Waals surface area contributed by atoms with E-state index in [2.05, 4.69) is 178 Å². The second-order valence-electron chi connectivity index (χ2n) is 13.4. The van der Waals surface area contributed by atoms with E-state index in [1.54, 1.807) is 0 Å². The Balaban J connectivity index is 1.24. The highest BCUT2D eigenvalue weighted by molar-refractivity contribution is 5.98. The zero-order valence-electron chi connectivity index (χ0n) is 27.6. The topological polar surface area (TPSA) is 25.8 Å². The summed E-state index contributed by atoms with van der Waals surface area (Å²) in [5, 5.41) is 2.52. The van der Waals surface area contributed by atoms with E-state index in [-0.39, 0.29) is 5.41 Å². The summed E-state index contributed by atoms with van der Waals surface area (Å²) in [6, 6.07) is 60.6. The summed E-state index contributed by atoms with van der Waals surface area (Å²) >= 11 is 0. The molecule has 0 saturated heterocycles. The molecule has 0 spiro atoms. The van der Waals surface area contributed by atoms with Gasteiger partial charge in [-0.15, -0.1) is 0 Å². The van der Waals surface area contributed by atoms with Crippen LogP contribution < -0.4 is 0 Å². The molecule has 1 aliphatic rings. The van der Waals surface area contributed by atoms with E-state index in [4.69, 9.17) is 9.97 Å². The average molecular weight is 627 g/mol. The van der Waals surface area contributed by atoms with Crippen molar-refractivity contribution in [3.8, 4) is 67.3 Å². The minimum atomic E-state index is -0.138. The van der Waals surface area contributed by atoms with E-state index in [9.17, 15) is 0 Å². The van der Waals surface area contributed by atoms with Gasteiger partial charge in [0.1, 0.15) is 0 Å². The Kier molecular flexibility index (Phi) is 6.84. The summed E-state index contributed by atoms with van der Waals surface area (Å²) in [6.07, 6.45) is 0. The van der Waals surface area contributed by atoms with E-state index in [0.29, 0.717) is 0 Å². The lowest BCUT2D eigenvalue weighted by molar-refractivity contribution is 0.661. The van der Waals surface area contributed by atoms with Crippen LogP contribution in [0.1, 0.15) is 25.0 Å². The third-order valence-electron chi connectivity index (χ3n) is 10.1. The second kappa shape index (κ2) is 11.5. The molecule has 0 radical (unpaired) electrons. The van der Waals surface area contributed by atoms with Gasteiger partial charge in [-0.2, -0.15) is 0 Å². The highest BCUT2D eigenvalue weighted by Gasteiger charge is 2.37. The lowest BCUT2D eigenvalue weighted by atomic mass is 9.81. The molecular weight excluding hydrogens is 593 g/mol. The van der Waals surface area contributed by atoms with E-state index in [1.807, 2.05) is 6.07 Å². The Morgan fingerprint density at radius 2 is 0.898 bits per heavy atom. The van der Waals surface area contributed by atoms with Crippen molar-refractivity contribution in [3.63, 3.8) is 0 Å². The standard InChI is InChI=1S/C47H34N2/c1-47(2)41-23-13-22-39(45(41)40-28-35-18-9-10-19-36(35)29-42(40)47)44-30-43(48-46(49-44)34-16-7-4-8-17-34)38-21-12-11-20-37(38)33-26-24-32(25-27-33)31-14-5-3-6-15-31/h3-30H,1-2H3. The van der Waals surface area contributed by atoms with Crippen molar-refractivity contribution >= 4 is 10.8 Å². The third kappa shape index (κ3) is 4.96. The molecular formula is C47H34N2. The van der Waals surface area contributed by atoms with Crippen LogP contribution >= 0.6 is 0 Å². The molecule has 49 heavy (non-hydrogen) atoms. The number of hydrogen-bond acceptors (Lipinski definition) is 2. The van der Waals surface area contributed by atoms with Crippen molar-refractivity contribution in [2.24, 2.45) is 0 Å². The first-order valence-electron chi connectivity index (χ1n) is 16.9. The van der Waals surface area contributed by atoms with Crippen LogP contribution in [0.3, 0.4) is 0 Å². The van der Waals surface area contributed by atoms with E-state index >= 15 is 0 Å². The van der Waals surface area contributed by atoms with Crippen molar-refractivity contribution in [1.82, 2.24) is 9.97 Å². The summed E-state index contributed by atoms with van der Waals surface area (Å²) in [5.41, 5.74) is 14.8. The lowest BCUT2D eigenvalue weighted by Crippen LogP contribution is -2.14. The van der Waals surface area contributed by atoms with Gasteiger partial charge in [0.2, 0.25) is 0 Å². The summed E-state index contributed by atoms with van der Waals surface area (Å²) in [6.45, 7) is 4.69. The van der Waals surface area contributed by atoms with Gasteiger partial charge in [-0.05, 0) is 73.5 Å². The van der Waals surface area contributed by atoms with Gasteiger partial charge in [-0.3, -0.25) is 0 Å². The number of aromatic nitrogens is 2. The Labute approximate surface area is 287 Å². The van der Waals surface area contributed by atoms with Gasteiger partial charge in [-0.1, -0.05) is 166 Å². The lowest BCUT2D eigenvalue weighted by Gasteiger charge is -2.22. The van der Waals surface area contributed by atoms with Crippen LogP contribution in [0.2, 0.25) is 0 Å². The Morgan fingerprint density at radius 1 is 0.367 bits per heavy atom. The van der Waals surface area contributed by atoms with Gasteiger partial charge in [0.15, 0.2) is 5.82 Å². The largest absolute Gasteiger partial charge is 0.228 e. The monoisotopic (exact) mass is 626 g/mol. The number of rotatable bonds is 5. The van der Waals surface area contributed by atoms with E-state index < -0.39 is 0 Å². The van der Waals surface area contributed by atoms with Gasteiger partial charge < -0.3 is 0 Å². The van der Waals surface area contributed by atoms with Crippen molar-refractivity contribution in [2.75, 3.05) is 0 Å². The molecule has 0 N–H and O–H groups in total. The third-order valence-corrected chi connectivity index (χ3v) is 10.1. The first-order chi connectivity index (χ1) is 24.0. The molecule has 0 unspecified atom stereocenters. The van der Waals surface area contributed by atoms with Crippen LogP contribution in [-0.4, -0.2) is 9.97 Å². The highest BCUT2D eigenvalue weighted by atomic mass is 14.9. The normalized spacial score (nSPS) is 12.9. The van der Waals surface area contributed by atoms with Crippen molar-refractivity contribution in [2.45, 2.75) is 19.3 Å². The molecule has 0 fully saturated rings. The predicted molar refractivity (Wildman–Crippen MR) is 204 cm³/mol. The molecule has 0 amide bonds. The SMILES string of the molecule is CC1(C)c2cc3ccccc3cc2-c2c(-c3cc(-c4ccccc4-c4ccc(-c5ccccc5)cc4)nc(-c4ccccc4)n3)cccc21. The second-order valence-corrected chi connectivity index (χ2v) is 13.4. The molecule has 1 aliphatic carbocycles. The fourth-order valence-electron chi connectivity index (χ4n) is 7.56. The molecule has 8 aromatic rings. The van der Waals surface area contributed by atoms with Crippen molar-refractivity contribution in [3.05, 3.63) is 181 Å². The minimum absolute atomic E-state index is 0.138. The quantitative estimate of drug-likeness (QED) is 0.190. The molecule has 9 rings (SSSR count). The van der Waals surface area contributed by atoms with E-state index in [1.165, 1.54) is 44.2 Å². The molecule has 0 bridgehead atoms. The molecule has 0 atom stereocenters. The Bertz CT molecular complexity index is 2490. The van der Waals surface area contributed by atoms with Gasteiger partial charge in [-0.25, -0.2) is 9.97 Å². The number of hydrogen-bond donors (Lipinski definition) is 0. The maximum absolute atomic E-state index is 5.30. The summed E-state index contributed by atoms with van der Waals surface area (Å²) in [5.74, 6) is 0.718. The minimum Gasteiger partial charge on any atom is -0.228 e. The first-order valence-corrected chi connectivity index (χ1v) is 16.9. The smallest absolute Gasteiger partial charge is 0.160 e. The molecule has 2 nitrogen and oxygen atoms in total. The van der Waals surface area contributed by atoms with Gasteiger partial charge in [0.25, 0.3) is 0 Å². The molecule has 7 aromatic carbocycles. The average Bonchev–Trinajstić information content (AvgIpc) is 3.39.